The van der Waals surface area contributed by atoms with Gasteiger partial charge in [0.15, 0.2) is 17.6 Å². The van der Waals surface area contributed by atoms with E-state index in [2.05, 4.69) is 4.98 Å². The zero-order chi connectivity index (χ0) is 14.7. The normalized spacial score (nSPS) is 16.5. The highest BCUT2D eigenvalue weighted by Gasteiger charge is 2.25. The molecule has 110 valence electrons. The highest BCUT2D eigenvalue weighted by molar-refractivity contribution is 5.76. The van der Waals surface area contributed by atoms with Gasteiger partial charge in [0, 0.05) is 18.9 Å². The fourth-order valence-corrected chi connectivity index (χ4v) is 2.28. The molecule has 0 saturated heterocycles. The van der Waals surface area contributed by atoms with E-state index in [0.29, 0.717) is 19.7 Å². The number of amides is 1. The Morgan fingerprint density at radius 3 is 2.95 bits per heavy atom. The van der Waals surface area contributed by atoms with Gasteiger partial charge in [0.25, 0.3) is 0 Å². The number of rotatable bonds is 3. The molecule has 1 aliphatic rings. The summed E-state index contributed by atoms with van der Waals surface area (Å²) in [6.07, 6.45) is 4.55. The van der Waals surface area contributed by atoms with E-state index in [1.807, 2.05) is 31.2 Å². The molecule has 1 atom stereocenters. The van der Waals surface area contributed by atoms with Gasteiger partial charge >= 0.3 is 6.03 Å². The van der Waals surface area contributed by atoms with Crippen LogP contribution in [0.2, 0.25) is 0 Å². The Bertz CT molecular complexity index is 612. The Hall–Kier alpha value is -2.50. The number of hydrogen-bond acceptors (Lipinski definition) is 4. The van der Waals surface area contributed by atoms with E-state index in [1.54, 1.807) is 17.3 Å². The second kappa shape index (κ2) is 5.87. The van der Waals surface area contributed by atoms with E-state index in [-0.39, 0.29) is 12.1 Å². The van der Waals surface area contributed by atoms with Gasteiger partial charge in [-0.15, -0.1) is 0 Å². The molecular formula is C15H17N3O3. The van der Waals surface area contributed by atoms with Crippen LogP contribution in [0.3, 0.4) is 0 Å². The molecule has 6 nitrogen and oxygen atoms in total. The standard InChI is InChI=1S/C15H17N3O3/c1-2-17(15(19)18-8-7-16-11-18)9-12-10-20-13-5-3-4-6-14(13)21-12/h3-8,11-12H,2,9-10H2,1H3. The first-order chi connectivity index (χ1) is 10.3. The van der Waals surface area contributed by atoms with E-state index >= 15 is 0 Å². The van der Waals surface area contributed by atoms with Crippen molar-refractivity contribution < 1.29 is 14.3 Å². The molecule has 0 radical (unpaired) electrons. The number of nitrogens with zero attached hydrogens (tertiary/aromatic N) is 3. The maximum absolute atomic E-state index is 12.3. The molecule has 0 saturated carbocycles. The smallest absolute Gasteiger partial charge is 0.329 e. The third-order valence-electron chi connectivity index (χ3n) is 3.37. The third kappa shape index (κ3) is 2.84. The van der Waals surface area contributed by atoms with Crippen molar-refractivity contribution in [2.75, 3.05) is 19.7 Å². The van der Waals surface area contributed by atoms with Crippen molar-refractivity contribution in [2.45, 2.75) is 13.0 Å². The minimum atomic E-state index is -0.174. The van der Waals surface area contributed by atoms with Gasteiger partial charge < -0.3 is 14.4 Å². The number of carbonyl (C=O) groups excluding carboxylic acids is 1. The minimum Gasteiger partial charge on any atom is -0.486 e. The molecule has 21 heavy (non-hydrogen) atoms. The van der Waals surface area contributed by atoms with E-state index in [4.69, 9.17) is 9.47 Å². The maximum Gasteiger partial charge on any atom is 0.329 e. The van der Waals surface area contributed by atoms with Crippen molar-refractivity contribution >= 4 is 6.03 Å². The van der Waals surface area contributed by atoms with E-state index in [0.717, 1.165) is 11.5 Å². The van der Waals surface area contributed by atoms with Crippen molar-refractivity contribution in [3.8, 4) is 11.5 Å². The van der Waals surface area contributed by atoms with Crippen LogP contribution in [0, 0.1) is 0 Å². The molecule has 0 fully saturated rings. The second-order valence-corrected chi connectivity index (χ2v) is 4.79. The summed E-state index contributed by atoms with van der Waals surface area (Å²) in [5.74, 6) is 1.47. The number of para-hydroxylation sites is 2. The lowest BCUT2D eigenvalue weighted by molar-refractivity contribution is 0.0677. The van der Waals surface area contributed by atoms with Crippen LogP contribution in [0.5, 0.6) is 11.5 Å². The van der Waals surface area contributed by atoms with Crippen LogP contribution in [0.4, 0.5) is 4.79 Å². The zero-order valence-electron chi connectivity index (χ0n) is 11.8. The van der Waals surface area contributed by atoms with E-state index in [1.165, 1.54) is 10.9 Å². The van der Waals surface area contributed by atoms with Gasteiger partial charge in [0.05, 0.1) is 6.54 Å². The molecule has 1 amide bonds. The summed E-state index contributed by atoms with van der Waals surface area (Å²) in [6, 6.07) is 7.44. The topological polar surface area (TPSA) is 56.6 Å². The third-order valence-corrected chi connectivity index (χ3v) is 3.37. The fourth-order valence-electron chi connectivity index (χ4n) is 2.28. The summed E-state index contributed by atoms with van der Waals surface area (Å²) in [4.78, 5) is 17.9. The van der Waals surface area contributed by atoms with Crippen molar-refractivity contribution in [1.29, 1.82) is 0 Å². The number of likely N-dealkylation sites (N-methyl/N-ethyl adjacent to an activating group) is 1. The minimum absolute atomic E-state index is 0.113. The van der Waals surface area contributed by atoms with Crippen LogP contribution >= 0.6 is 0 Å². The summed E-state index contributed by atoms with van der Waals surface area (Å²) in [6.45, 7) is 3.44. The summed E-state index contributed by atoms with van der Waals surface area (Å²) >= 11 is 0. The number of imidazole rings is 1. The lowest BCUT2D eigenvalue weighted by Gasteiger charge is -2.30. The van der Waals surface area contributed by atoms with Crippen LogP contribution in [-0.4, -0.2) is 46.3 Å². The van der Waals surface area contributed by atoms with Crippen LogP contribution in [0.1, 0.15) is 6.92 Å². The van der Waals surface area contributed by atoms with Gasteiger partial charge in [-0.25, -0.2) is 9.78 Å². The highest BCUT2D eigenvalue weighted by Crippen LogP contribution is 2.31. The van der Waals surface area contributed by atoms with Crippen LogP contribution < -0.4 is 9.47 Å². The average molecular weight is 287 g/mol. The second-order valence-electron chi connectivity index (χ2n) is 4.79. The lowest BCUT2D eigenvalue weighted by atomic mass is 10.2. The molecule has 1 aromatic heterocycles. The van der Waals surface area contributed by atoms with Crippen molar-refractivity contribution in [1.82, 2.24) is 14.5 Å². The molecule has 6 heteroatoms. The predicted molar refractivity (Wildman–Crippen MR) is 76.6 cm³/mol. The number of carbonyl (C=O) groups is 1. The monoisotopic (exact) mass is 287 g/mol. The Kier molecular flexibility index (Phi) is 3.77. The summed E-state index contributed by atoms with van der Waals surface area (Å²) in [5.41, 5.74) is 0. The molecular weight excluding hydrogens is 270 g/mol. The van der Waals surface area contributed by atoms with Gasteiger partial charge in [0.1, 0.15) is 12.9 Å². The van der Waals surface area contributed by atoms with Crippen LogP contribution in [0.25, 0.3) is 0 Å². The Morgan fingerprint density at radius 1 is 1.43 bits per heavy atom. The Morgan fingerprint density at radius 2 is 2.24 bits per heavy atom. The number of aromatic nitrogens is 2. The Balaban J connectivity index is 1.67. The first-order valence-electron chi connectivity index (χ1n) is 6.93. The lowest BCUT2D eigenvalue weighted by Crippen LogP contribution is -2.44. The van der Waals surface area contributed by atoms with Gasteiger partial charge in [0.2, 0.25) is 0 Å². The van der Waals surface area contributed by atoms with Crippen LogP contribution in [-0.2, 0) is 0 Å². The molecule has 0 spiro atoms. The number of benzene rings is 1. The van der Waals surface area contributed by atoms with Gasteiger partial charge in [-0.05, 0) is 19.1 Å². The van der Waals surface area contributed by atoms with E-state index in [9.17, 15) is 4.79 Å². The molecule has 0 bridgehead atoms. The fraction of sp³-hybridized carbons (Fsp3) is 0.333. The van der Waals surface area contributed by atoms with Gasteiger partial charge in [-0.1, -0.05) is 12.1 Å². The quantitative estimate of drug-likeness (QED) is 0.866. The summed E-state index contributed by atoms with van der Waals surface area (Å²) in [7, 11) is 0. The van der Waals surface area contributed by atoms with Crippen molar-refractivity contribution in [3.05, 3.63) is 43.0 Å². The molecule has 0 aliphatic carbocycles. The molecule has 1 aliphatic heterocycles. The number of hydrogen-bond donors (Lipinski definition) is 0. The van der Waals surface area contributed by atoms with Gasteiger partial charge in [-0.2, -0.15) is 0 Å². The average Bonchev–Trinajstić information content (AvgIpc) is 3.06. The molecule has 3 rings (SSSR count). The van der Waals surface area contributed by atoms with E-state index < -0.39 is 0 Å². The molecule has 0 N–H and O–H groups in total. The highest BCUT2D eigenvalue weighted by atomic mass is 16.6. The largest absolute Gasteiger partial charge is 0.486 e. The number of fused-ring (bicyclic) bond motifs is 1. The molecule has 1 aromatic carbocycles. The van der Waals surface area contributed by atoms with Gasteiger partial charge in [-0.3, -0.25) is 4.57 Å². The SMILES string of the molecule is CCN(CC1COc2ccccc2O1)C(=O)n1ccnc1. The maximum atomic E-state index is 12.3. The van der Waals surface area contributed by atoms with Crippen LogP contribution in [0.15, 0.2) is 43.0 Å². The first-order valence-corrected chi connectivity index (χ1v) is 6.93. The predicted octanol–water partition coefficient (Wildman–Crippen LogP) is 2.01. The van der Waals surface area contributed by atoms with Crippen molar-refractivity contribution in [3.63, 3.8) is 0 Å². The molecule has 1 unspecified atom stereocenters. The molecule has 2 heterocycles. The number of ether oxygens (including phenoxy) is 2. The molecule has 2 aromatic rings. The summed E-state index contributed by atoms with van der Waals surface area (Å²) < 4.78 is 13.0. The first kappa shape index (κ1) is 13.5. The van der Waals surface area contributed by atoms with Crippen molar-refractivity contribution in [2.24, 2.45) is 0 Å². The Labute approximate surface area is 122 Å². The zero-order valence-corrected chi connectivity index (χ0v) is 11.8. The summed E-state index contributed by atoms with van der Waals surface area (Å²) in [5, 5.41) is 0.